The van der Waals surface area contributed by atoms with Crippen LogP contribution in [0.2, 0.25) is 0 Å². The average Bonchev–Trinajstić information content (AvgIpc) is 3.17. The highest BCUT2D eigenvalue weighted by atomic mass is 19.1. The molecule has 2 aliphatic heterocycles. The van der Waals surface area contributed by atoms with E-state index < -0.39 is 0 Å². The Morgan fingerprint density at radius 3 is 2.11 bits per heavy atom. The van der Waals surface area contributed by atoms with Crippen molar-refractivity contribution in [3.63, 3.8) is 0 Å². The number of rotatable bonds is 2. The van der Waals surface area contributed by atoms with Crippen LogP contribution in [-0.4, -0.2) is 34.1 Å². The maximum Gasteiger partial charge on any atom is 0.267 e. The molecule has 0 bridgehead atoms. The molecule has 1 atom stereocenters. The fourth-order valence-corrected chi connectivity index (χ4v) is 3.71. The third-order valence-electron chi connectivity index (χ3n) is 5.30. The summed E-state index contributed by atoms with van der Waals surface area (Å²) in [7, 11) is 0. The summed E-state index contributed by atoms with van der Waals surface area (Å²) in [6.07, 6.45) is 0. The first-order valence-corrected chi connectivity index (χ1v) is 9.31. The molecule has 5 nitrogen and oxygen atoms in total. The van der Waals surface area contributed by atoms with E-state index in [2.05, 4.69) is 25.9 Å². The summed E-state index contributed by atoms with van der Waals surface area (Å²) in [6.45, 7) is 7.30. The number of hydrogen-bond acceptors (Lipinski definition) is 4. The quantitative estimate of drug-likeness (QED) is 0.744. The third kappa shape index (κ3) is 3.09. The molecule has 1 unspecified atom stereocenters. The Morgan fingerprint density at radius 1 is 1.00 bits per heavy atom. The van der Waals surface area contributed by atoms with Crippen LogP contribution in [-0.2, 0) is 6.54 Å². The first kappa shape index (κ1) is 18.3. The van der Waals surface area contributed by atoms with Gasteiger partial charge >= 0.3 is 0 Å². The number of carbonyl (C=O) groups is 2. The van der Waals surface area contributed by atoms with E-state index in [1.807, 2.05) is 5.01 Å². The van der Waals surface area contributed by atoms with Crippen LogP contribution < -0.4 is 0 Å². The van der Waals surface area contributed by atoms with E-state index in [1.165, 1.54) is 17.0 Å². The van der Waals surface area contributed by atoms with Gasteiger partial charge < -0.3 is 0 Å². The molecule has 0 aromatic heterocycles. The highest BCUT2D eigenvalue weighted by molar-refractivity contribution is 6.30. The van der Waals surface area contributed by atoms with Gasteiger partial charge in [0.2, 0.25) is 0 Å². The van der Waals surface area contributed by atoms with Crippen LogP contribution in [0.3, 0.4) is 0 Å². The number of amides is 2. The van der Waals surface area contributed by atoms with E-state index in [0.29, 0.717) is 30.1 Å². The van der Waals surface area contributed by atoms with Crippen molar-refractivity contribution in [1.29, 1.82) is 0 Å². The molecule has 0 saturated heterocycles. The van der Waals surface area contributed by atoms with Crippen LogP contribution in [0, 0.1) is 17.2 Å². The summed E-state index contributed by atoms with van der Waals surface area (Å²) >= 11 is 0. The largest absolute Gasteiger partial charge is 0.290 e. The molecule has 6 heteroatoms. The lowest BCUT2D eigenvalue weighted by atomic mass is 9.80. The van der Waals surface area contributed by atoms with Crippen molar-refractivity contribution in [3.8, 4) is 0 Å². The molecule has 0 aliphatic carbocycles. The highest BCUT2D eigenvalue weighted by Crippen LogP contribution is 2.36. The van der Waals surface area contributed by atoms with Crippen LogP contribution in [0.5, 0.6) is 0 Å². The topological polar surface area (TPSA) is 53.0 Å². The lowest BCUT2D eigenvalue weighted by molar-refractivity contribution is 0.0738. The smallest absolute Gasteiger partial charge is 0.267 e. The lowest BCUT2D eigenvalue weighted by Gasteiger charge is -2.30. The third-order valence-corrected chi connectivity index (χ3v) is 5.30. The molecule has 4 rings (SSSR count). The van der Waals surface area contributed by atoms with Gasteiger partial charge in [-0.1, -0.05) is 45.0 Å². The molecule has 2 heterocycles. The summed E-state index contributed by atoms with van der Waals surface area (Å²) in [5, 5.41) is 6.51. The minimum Gasteiger partial charge on any atom is -0.290 e. The molecule has 2 amide bonds. The van der Waals surface area contributed by atoms with E-state index in [1.54, 1.807) is 36.4 Å². The van der Waals surface area contributed by atoms with Gasteiger partial charge in [0, 0.05) is 12.5 Å². The Balaban J connectivity index is 1.67. The molecule has 0 N–H and O–H groups in total. The van der Waals surface area contributed by atoms with Crippen LogP contribution in [0.1, 0.15) is 47.1 Å². The predicted octanol–water partition coefficient (Wildman–Crippen LogP) is 3.91. The van der Waals surface area contributed by atoms with Gasteiger partial charge in [-0.3, -0.25) is 14.6 Å². The zero-order valence-corrected chi connectivity index (χ0v) is 16.1. The SMILES string of the molecule is CC(C)(C)C1CN(Cc2ccc(F)cc2)N=C1N1C(=O)c2ccccc2C1=O. The maximum atomic E-state index is 13.2. The van der Waals surface area contributed by atoms with Crippen molar-refractivity contribution < 1.29 is 14.0 Å². The molecule has 0 radical (unpaired) electrons. The minimum atomic E-state index is -0.322. The normalized spacial score (nSPS) is 19.3. The average molecular weight is 379 g/mol. The second kappa shape index (κ2) is 6.55. The van der Waals surface area contributed by atoms with Gasteiger partial charge in [0.05, 0.1) is 17.7 Å². The van der Waals surface area contributed by atoms with Crippen LogP contribution >= 0.6 is 0 Å². The van der Waals surface area contributed by atoms with Gasteiger partial charge in [-0.25, -0.2) is 9.29 Å². The lowest BCUT2D eigenvalue weighted by Crippen LogP contribution is -2.43. The molecule has 144 valence electrons. The van der Waals surface area contributed by atoms with Crippen molar-refractivity contribution in [3.05, 3.63) is 71.0 Å². The van der Waals surface area contributed by atoms with Gasteiger partial charge in [0.15, 0.2) is 0 Å². The Labute approximate surface area is 163 Å². The number of imide groups is 1. The molecular formula is C22H22FN3O2. The number of carbonyl (C=O) groups excluding carboxylic acids is 2. The van der Waals surface area contributed by atoms with E-state index in [0.717, 1.165) is 5.56 Å². The maximum absolute atomic E-state index is 13.2. The second-order valence-corrected chi connectivity index (χ2v) is 8.34. The number of nitrogens with zero attached hydrogens (tertiary/aromatic N) is 3. The molecule has 2 aromatic carbocycles. The number of hydrazone groups is 1. The van der Waals surface area contributed by atoms with Crippen molar-refractivity contribution in [2.24, 2.45) is 16.4 Å². The van der Waals surface area contributed by atoms with Crippen molar-refractivity contribution in [1.82, 2.24) is 9.91 Å². The van der Waals surface area contributed by atoms with Crippen LogP contribution in [0.15, 0.2) is 53.6 Å². The van der Waals surface area contributed by atoms with E-state index in [4.69, 9.17) is 0 Å². The van der Waals surface area contributed by atoms with Gasteiger partial charge in [0.1, 0.15) is 11.7 Å². The Kier molecular flexibility index (Phi) is 4.29. The van der Waals surface area contributed by atoms with Gasteiger partial charge in [0.25, 0.3) is 11.8 Å². The van der Waals surface area contributed by atoms with E-state index >= 15 is 0 Å². The molecule has 0 saturated carbocycles. The highest BCUT2D eigenvalue weighted by Gasteiger charge is 2.46. The summed E-state index contributed by atoms with van der Waals surface area (Å²) in [6, 6.07) is 13.1. The van der Waals surface area contributed by atoms with Gasteiger partial charge in [-0.05, 0) is 35.2 Å². The fraction of sp³-hybridized carbons (Fsp3) is 0.318. The Hall–Kier alpha value is -3.02. The summed E-state index contributed by atoms with van der Waals surface area (Å²) in [5.74, 6) is -0.529. The Bertz CT molecular complexity index is 941. The van der Waals surface area contributed by atoms with E-state index in [-0.39, 0.29) is 29.0 Å². The van der Waals surface area contributed by atoms with Crippen molar-refractivity contribution in [2.75, 3.05) is 6.54 Å². The Morgan fingerprint density at radius 2 is 1.57 bits per heavy atom. The molecule has 28 heavy (non-hydrogen) atoms. The van der Waals surface area contributed by atoms with Crippen molar-refractivity contribution >= 4 is 17.6 Å². The fourth-order valence-electron chi connectivity index (χ4n) is 3.71. The molecule has 2 aliphatic rings. The number of fused-ring (bicyclic) bond motifs is 1. The molecule has 0 fully saturated rings. The summed E-state index contributed by atoms with van der Waals surface area (Å²) in [5.41, 5.74) is 1.56. The monoisotopic (exact) mass is 379 g/mol. The number of amidine groups is 1. The molecule has 2 aromatic rings. The minimum absolute atomic E-state index is 0.0878. The summed E-state index contributed by atoms with van der Waals surface area (Å²) in [4.78, 5) is 27.1. The van der Waals surface area contributed by atoms with Crippen LogP contribution in [0.25, 0.3) is 0 Å². The zero-order chi connectivity index (χ0) is 20.1. The zero-order valence-electron chi connectivity index (χ0n) is 16.1. The number of hydrogen-bond donors (Lipinski definition) is 0. The van der Waals surface area contributed by atoms with E-state index in [9.17, 15) is 14.0 Å². The number of halogens is 1. The van der Waals surface area contributed by atoms with Gasteiger partial charge in [-0.2, -0.15) is 5.10 Å². The van der Waals surface area contributed by atoms with Gasteiger partial charge in [-0.15, -0.1) is 0 Å². The molecule has 0 spiro atoms. The first-order valence-electron chi connectivity index (χ1n) is 9.31. The number of benzene rings is 2. The van der Waals surface area contributed by atoms with Crippen molar-refractivity contribution in [2.45, 2.75) is 27.3 Å². The van der Waals surface area contributed by atoms with Crippen LogP contribution in [0.4, 0.5) is 4.39 Å². The first-order chi connectivity index (χ1) is 13.3. The predicted molar refractivity (Wildman–Crippen MR) is 104 cm³/mol. The summed E-state index contributed by atoms with van der Waals surface area (Å²) < 4.78 is 13.2. The second-order valence-electron chi connectivity index (χ2n) is 8.34. The molecular weight excluding hydrogens is 357 g/mol. The standard InChI is InChI=1S/C22H22FN3O2/c1-22(2,3)18-13-25(12-14-8-10-15(23)11-9-14)24-19(18)26-20(27)16-6-4-5-7-17(16)21(26)28/h4-11,18H,12-13H2,1-3H3.